The largest absolute Gasteiger partial charge is 0.481 e. The lowest BCUT2D eigenvalue weighted by Crippen LogP contribution is -2.33. The van der Waals surface area contributed by atoms with Crippen molar-refractivity contribution in [2.45, 2.75) is 111 Å². The molecule has 0 heterocycles. The topological polar surface area (TPSA) is 101 Å². The molecule has 0 fully saturated rings. The number of hydrogen-bond donors (Lipinski definition) is 1. The SMILES string of the molecule is CCCCOCCOC(C)OC(=O)C(CCCCCCCC(=O)O)C(C)OCCOCCCC. The molecule has 8 nitrogen and oxygen atoms in total. The van der Waals surface area contributed by atoms with Crippen molar-refractivity contribution in [3.63, 3.8) is 0 Å². The first-order chi connectivity index (χ1) is 16.4. The van der Waals surface area contributed by atoms with E-state index in [0.717, 1.165) is 58.0 Å². The fourth-order valence-electron chi connectivity index (χ4n) is 3.38. The third kappa shape index (κ3) is 20.2. The second-order valence-corrected chi connectivity index (χ2v) is 8.69. The lowest BCUT2D eigenvalue weighted by molar-refractivity contribution is -0.186. The Labute approximate surface area is 207 Å². The van der Waals surface area contributed by atoms with Gasteiger partial charge in [0.15, 0.2) is 6.29 Å². The molecule has 0 spiro atoms. The fourth-order valence-corrected chi connectivity index (χ4v) is 3.38. The highest BCUT2D eigenvalue weighted by atomic mass is 16.7. The molecule has 0 aromatic rings. The van der Waals surface area contributed by atoms with Gasteiger partial charge in [0.25, 0.3) is 0 Å². The van der Waals surface area contributed by atoms with Crippen molar-refractivity contribution < 1.29 is 38.4 Å². The average molecular weight is 491 g/mol. The maximum absolute atomic E-state index is 12.9. The van der Waals surface area contributed by atoms with Gasteiger partial charge in [0.05, 0.1) is 38.4 Å². The van der Waals surface area contributed by atoms with Crippen molar-refractivity contribution in [3.8, 4) is 0 Å². The van der Waals surface area contributed by atoms with Gasteiger partial charge in [-0.25, -0.2) is 0 Å². The maximum Gasteiger partial charge on any atom is 0.313 e. The highest BCUT2D eigenvalue weighted by molar-refractivity contribution is 5.73. The number of ether oxygens (including phenoxy) is 5. The predicted octanol–water partition coefficient (Wildman–Crippen LogP) is 5.36. The number of carbonyl (C=O) groups is 2. The summed E-state index contributed by atoms with van der Waals surface area (Å²) in [6.45, 7) is 11.1. The molecule has 0 saturated heterocycles. The first-order valence-corrected chi connectivity index (χ1v) is 13.2. The van der Waals surface area contributed by atoms with Crippen LogP contribution in [0.2, 0.25) is 0 Å². The van der Waals surface area contributed by atoms with Crippen LogP contribution in [0.25, 0.3) is 0 Å². The molecular formula is C26H50O8. The molecule has 0 radical (unpaired) electrons. The number of carbonyl (C=O) groups excluding carboxylic acids is 1. The van der Waals surface area contributed by atoms with Gasteiger partial charge in [-0.2, -0.15) is 0 Å². The van der Waals surface area contributed by atoms with E-state index >= 15 is 0 Å². The Morgan fingerprint density at radius 2 is 1.26 bits per heavy atom. The van der Waals surface area contributed by atoms with E-state index in [1.165, 1.54) is 0 Å². The molecule has 8 heteroatoms. The standard InChI is InChI=1S/C26H50O8/c1-5-7-16-30-18-20-32-22(3)24(14-12-10-9-11-13-15-25(27)28)26(29)34-23(4)33-21-19-31-17-8-6-2/h22-24H,5-21H2,1-4H3,(H,27,28). The molecular weight excluding hydrogens is 440 g/mol. The quantitative estimate of drug-likeness (QED) is 0.104. The Morgan fingerprint density at radius 3 is 1.85 bits per heavy atom. The van der Waals surface area contributed by atoms with E-state index in [0.29, 0.717) is 45.9 Å². The molecule has 0 aliphatic carbocycles. The second-order valence-electron chi connectivity index (χ2n) is 8.69. The van der Waals surface area contributed by atoms with E-state index in [-0.39, 0.29) is 24.4 Å². The minimum atomic E-state index is -0.753. The van der Waals surface area contributed by atoms with E-state index in [4.69, 9.17) is 28.8 Å². The van der Waals surface area contributed by atoms with Gasteiger partial charge in [-0.15, -0.1) is 0 Å². The molecule has 0 aromatic carbocycles. The third-order valence-electron chi connectivity index (χ3n) is 5.53. The van der Waals surface area contributed by atoms with E-state index in [1.54, 1.807) is 6.92 Å². The van der Waals surface area contributed by atoms with Gasteiger partial charge >= 0.3 is 11.9 Å². The van der Waals surface area contributed by atoms with E-state index in [1.807, 2.05) is 6.92 Å². The van der Waals surface area contributed by atoms with Crippen molar-refractivity contribution in [3.05, 3.63) is 0 Å². The second kappa shape index (κ2) is 23.5. The molecule has 34 heavy (non-hydrogen) atoms. The molecule has 0 amide bonds. The van der Waals surface area contributed by atoms with Crippen LogP contribution in [0.4, 0.5) is 0 Å². The lowest BCUT2D eigenvalue weighted by atomic mass is 9.95. The van der Waals surface area contributed by atoms with Crippen LogP contribution >= 0.6 is 0 Å². The van der Waals surface area contributed by atoms with Crippen LogP contribution in [0.15, 0.2) is 0 Å². The zero-order valence-electron chi connectivity index (χ0n) is 22.1. The molecule has 0 aliphatic heterocycles. The Balaban J connectivity index is 4.44. The summed E-state index contributed by atoms with van der Waals surface area (Å²) in [4.78, 5) is 23.5. The highest BCUT2D eigenvalue weighted by Gasteiger charge is 2.28. The van der Waals surface area contributed by atoms with Gasteiger partial charge < -0.3 is 28.8 Å². The number of unbranched alkanes of at least 4 members (excludes halogenated alkanes) is 6. The van der Waals surface area contributed by atoms with Crippen LogP contribution in [0.3, 0.4) is 0 Å². The zero-order valence-corrected chi connectivity index (χ0v) is 22.1. The van der Waals surface area contributed by atoms with Crippen LogP contribution in [0.1, 0.15) is 98.3 Å². The van der Waals surface area contributed by atoms with E-state index in [9.17, 15) is 9.59 Å². The Kier molecular flexibility index (Phi) is 22.7. The number of rotatable bonds is 25. The zero-order chi connectivity index (χ0) is 25.4. The Hall–Kier alpha value is -1.22. The van der Waals surface area contributed by atoms with E-state index < -0.39 is 12.3 Å². The minimum absolute atomic E-state index is 0.210. The van der Waals surface area contributed by atoms with Crippen molar-refractivity contribution >= 4 is 11.9 Å². The normalized spacial score (nSPS) is 14.0. The molecule has 0 saturated carbocycles. The first-order valence-electron chi connectivity index (χ1n) is 13.2. The summed E-state index contributed by atoms with van der Waals surface area (Å²) in [7, 11) is 0. The molecule has 1 N–H and O–H groups in total. The number of aliphatic carboxylic acids is 1. The van der Waals surface area contributed by atoms with Crippen LogP contribution in [-0.4, -0.2) is 69.1 Å². The summed E-state index contributed by atoms with van der Waals surface area (Å²) < 4.78 is 28.0. The van der Waals surface area contributed by atoms with Gasteiger partial charge in [0.1, 0.15) is 0 Å². The van der Waals surface area contributed by atoms with Gasteiger partial charge in [-0.1, -0.05) is 52.4 Å². The minimum Gasteiger partial charge on any atom is -0.481 e. The van der Waals surface area contributed by atoms with Crippen LogP contribution in [-0.2, 0) is 33.3 Å². The summed E-state index contributed by atoms with van der Waals surface area (Å²) in [5.41, 5.74) is 0. The Morgan fingerprint density at radius 1 is 0.706 bits per heavy atom. The van der Waals surface area contributed by atoms with Crippen LogP contribution in [0, 0.1) is 5.92 Å². The van der Waals surface area contributed by atoms with Crippen molar-refractivity contribution in [2.24, 2.45) is 5.92 Å². The molecule has 0 aliphatic rings. The summed E-state index contributed by atoms with van der Waals surface area (Å²) in [5, 5.41) is 8.73. The van der Waals surface area contributed by atoms with Gasteiger partial charge in [-0.05, 0) is 39.5 Å². The monoisotopic (exact) mass is 490 g/mol. The Bertz CT molecular complexity index is 485. The lowest BCUT2D eigenvalue weighted by Gasteiger charge is -2.25. The van der Waals surface area contributed by atoms with Crippen molar-refractivity contribution in [1.82, 2.24) is 0 Å². The number of carboxylic acids is 1. The van der Waals surface area contributed by atoms with Gasteiger partial charge in [0.2, 0.25) is 0 Å². The molecule has 3 atom stereocenters. The van der Waals surface area contributed by atoms with Gasteiger partial charge in [0, 0.05) is 19.6 Å². The molecule has 3 unspecified atom stereocenters. The maximum atomic E-state index is 12.9. The number of esters is 1. The third-order valence-corrected chi connectivity index (χ3v) is 5.53. The van der Waals surface area contributed by atoms with Crippen molar-refractivity contribution in [1.29, 1.82) is 0 Å². The average Bonchev–Trinajstić information content (AvgIpc) is 2.79. The van der Waals surface area contributed by atoms with E-state index in [2.05, 4.69) is 13.8 Å². The van der Waals surface area contributed by atoms with Gasteiger partial charge in [-0.3, -0.25) is 9.59 Å². The molecule has 0 aromatic heterocycles. The molecule has 202 valence electrons. The fraction of sp³-hybridized carbons (Fsp3) is 0.923. The smallest absolute Gasteiger partial charge is 0.313 e. The predicted molar refractivity (Wildman–Crippen MR) is 132 cm³/mol. The highest BCUT2D eigenvalue weighted by Crippen LogP contribution is 2.20. The summed E-state index contributed by atoms with van der Waals surface area (Å²) in [6, 6.07) is 0. The molecule has 0 bridgehead atoms. The van der Waals surface area contributed by atoms with Crippen LogP contribution < -0.4 is 0 Å². The number of hydrogen-bond acceptors (Lipinski definition) is 7. The number of carboxylic acid groups (broad SMARTS) is 1. The molecule has 0 rings (SSSR count). The summed E-state index contributed by atoms with van der Waals surface area (Å²) >= 11 is 0. The summed E-state index contributed by atoms with van der Waals surface area (Å²) in [6.07, 6.45) is 8.47. The first kappa shape index (κ1) is 32.8. The van der Waals surface area contributed by atoms with Crippen LogP contribution in [0.5, 0.6) is 0 Å². The summed E-state index contributed by atoms with van der Waals surface area (Å²) in [5.74, 6) is -1.46. The van der Waals surface area contributed by atoms with Crippen molar-refractivity contribution in [2.75, 3.05) is 39.6 Å².